The standard InChI is InChI=1S/C16H17FN2OS/c1-11-3-6-13(9-15(11)17)19-16(21)18-10-12-4-7-14(20-2)8-5-12/h3-9H,10H2,1-2H3,(H2,18,19,21). The molecule has 0 unspecified atom stereocenters. The number of methoxy groups -OCH3 is 1. The number of benzene rings is 2. The molecular formula is C16H17FN2OS. The molecule has 0 heterocycles. The molecule has 0 amide bonds. The van der Waals surface area contributed by atoms with Crippen molar-refractivity contribution in [2.24, 2.45) is 0 Å². The van der Waals surface area contributed by atoms with Crippen molar-refractivity contribution in [2.75, 3.05) is 12.4 Å². The van der Waals surface area contributed by atoms with E-state index in [0.717, 1.165) is 11.3 Å². The molecule has 0 spiro atoms. The quantitative estimate of drug-likeness (QED) is 0.845. The highest BCUT2D eigenvalue weighted by Crippen LogP contribution is 2.14. The molecule has 5 heteroatoms. The molecule has 2 aromatic rings. The second-order valence-corrected chi connectivity index (χ2v) is 5.03. The Kier molecular flexibility index (Phi) is 5.11. The number of thiocarbonyl (C=S) groups is 1. The van der Waals surface area contributed by atoms with Crippen LogP contribution in [-0.4, -0.2) is 12.2 Å². The molecule has 0 saturated carbocycles. The first-order valence-corrected chi connectivity index (χ1v) is 6.93. The van der Waals surface area contributed by atoms with Gasteiger partial charge < -0.3 is 15.4 Å². The van der Waals surface area contributed by atoms with Gasteiger partial charge in [0.2, 0.25) is 0 Å². The van der Waals surface area contributed by atoms with Gasteiger partial charge in [-0.3, -0.25) is 0 Å². The SMILES string of the molecule is COc1ccc(CNC(=S)Nc2ccc(C)c(F)c2)cc1. The first kappa shape index (κ1) is 15.3. The Labute approximate surface area is 129 Å². The van der Waals surface area contributed by atoms with Gasteiger partial charge in [-0.2, -0.15) is 0 Å². The van der Waals surface area contributed by atoms with Gasteiger partial charge in [0.25, 0.3) is 0 Å². The third kappa shape index (κ3) is 4.43. The lowest BCUT2D eigenvalue weighted by Crippen LogP contribution is -2.27. The third-order valence-electron chi connectivity index (χ3n) is 3.04. The molecule has 110 valence electrons. The number of hydrogen-bond donors (Lipinski definition) is 2. The van der Waals surface area contributed by atoms with E-state index in [1.54, 1.807) is 26.2 Å². The Morgan fingerprint density at radius 2 is 1.90 bits per heavy atom. The minimum Gasteiger partial charge on any atom is -0.497 e. The smallest absolute Gasteiger partial charge is 0.171 e. The summed E-state index contributed by atoms with van der Waals surface area (Å²) in [7, 11) is 1.63. The van der Waals surface area contributed by atoms with Crippen molar-refractivity contribution in [2.45, 2.75) is 13.5 Å². The lowest BCUT2D eigenvalue weighted by molar-refractivity contribution is 0.414. The number of nitrogens with one attached hydrogen (secondary N) is 2. The number of hydrogen-bond acceptors (Lipinski definition) is 2. The molecule has 21 heavy (non-hydrogen) atoms. The molecule has 0 aliphatic heterocycles. The highest BCUT2D eigenvalue weighted by atomic mass is 32.1. The summed E-state index contributed by atoms with van der Waals surface area (Å²) in [5.41, 5.74) is 2.32. The van der Waals surface area contributed by atoms with Crippen molar-refractivity contribution < 1.29 is 9.13 Å². The molecule has 0 aliphatic carbocycles. The van der Waals surface area contributed by atoms with Crippen LogP contribution in [0.1, 0.15) is 11.1 Å². The molecule has 0 bridgehead atoms. The second kappa shape index (κ2) is 7.04. The molecule has 3 nitrogen and oxygen atoms in total. The monoisotopic (exact) mass is 304 g/mol. The van der Waals surface area contributed by atoms with E-state index >= 15 is 0 Å². The predicted octanol–water partition coefficient (Wildman–Crippen LogP) is 3.63. The van der Waals surface area contributed by atoms with Crippen LogP contribution in [-0.2, 0) is 6.54 Å². The highest BCUT2D eigenvalue weighted by Gasteiger charge is 2.02. The average molecular weight is 304 g/mol. The Morgan fingerprint density at radius 1 is 1.19 bits per heavy atom. The van der Waals surface area contributed by atoms with Gasteiger partial charge in [-0.1, -0.05) is 18.2 Å². The van der Waals surface area contributed by atoms with Crippen LogP contribution < -0.4 is 15.4 Å². The van der Waals surface area contributed by atoms with Crippen molar-refractivity contribution in [3.8, 4) is 5.75 Å². The predicted molar refractivity (Wildman–Crippen MR) is 87.2 cm³/mol. The Bertz CT molecular complexity index is 629. The van der Waals surface area contributed by atoms with Crippen LogP contribution >= 0.6 is 12.2 Å². The number of ether oxygens (including phenoxy) is 1. The molecule has 0 radical (unpaired) electrons. The Hall–Kier alpha value is -2.14. The second-order valence-electron chi connectivity index (χ2n) is 4.62. The molecule has 2 N–H and O–H groups in total. The summed E-state index contributed by atoms with van der Waals surface area (Å²) in [5, 5.41) is 6.49. The van der Waals surface area contributed by atoms with E-state index in [9.17, 15) is 4.39 Å². The van der Waals surface area contributed by atoms with Crippen LogP contribution in [0.4, 0.5) is 10.1 Å². The van der Waals surface area contributed by atoms with Gasteiger partial charge in [-0.05, 0) is 54.5 Å². The maximum absolute atomic E-state index is 13.4. The molecule has 0 fully saturated rings. The minimum absolute atomic E-state index is 0.252. The van der Waals surface area contributed by atoms with Gasteiger partial charge >= 0.3 is 0 Å². The molecule has 2 aromatic carbocycles. The van der Waals surface area contributed by atoms with E-state index in [0.29, 0.717) is 22.9 Å². The zero-order chi connectivity index (χ0) is 15.2. The van der Waals surface area contributed by atoms with Crippen LogP contribution in [0.25, 0.3) is 0 Å². The molecule has 0 saturated heterocycles. The average Bonchev–Trinajstić information content (AvgIpc) is 2.49. The van der Waals surface area contributed by atoms with Gasteiger partial charge in [-0.25, -0.2) is 4.39 Å². The van der Waals surface area contributed by atoms with Gasteiger partial charge in [0, 0.05) is 12.2 Å². The fourth-order valence-corrected chi connectivity index (χ4v) is 1.96. The summed E-state index contributed by atoms with van der Waals surface area (Å²) in [6.45, 7) is 2.31. The number of rotatable bonds is 4. The summed E-state index contributed by atoms with van der Waals surface area (Å²) in [4.78, 5) is 0. The van der Waals surface area contributed by atoms with Crippen molar-refractivity contribution in [3.63, 3.8) is 0 Å². The third-order valence-corrected chi connectivity index (χ3v) is 3.29. The van der Waals surface area contributed by atoms with E-state index in [-0.39, 0.29) is 5.82 Å². The van der Waals surface area contributed by atoms with Crippen LogP contribution in [0.5, 0.6) is 5.75 Å². The molecule has 0 aliphatic rings. The van der Waals surface area contributed by atoms with E-state index in [1.165, 1.54) is 6.07 Å². The van der Waals surface area contributed by atoms with Crippen molar-refractivity contribution in [3.05, 3.63) is 59.4 Å². The Balaban J connectivity index is 1.87. The first-order chi connectivity index (χ1) is 10.1. The fraction of sp³-hybridized carbons (Fsp3) is 0.188. The van der Waals surface area contributed by atoms with E-state index in [4.69, 9.17) is 17.0 Å². The largest absolute Gasteiger partial charge is 0.497 e. The van der Waals surface area contributed by atoms with E-state index in [1.807, 2.05) is 24.3 Å². The highest BCUT2D eigenvalue weighted by molar-refractivity contribution is 7.80. The van der Waals surface area contributed by atoms with Crippen molar-refractivity contribution >= 4 is 23.0 Å². The van der Waals surface area contributed by atoms with Gasteiger partial charge in [0.05, 0.1) is 7.11 Å². The summed E-state index contributed by atoms with van der Waals surface area (Å²) >= 11 is 5.19. The first-order valence-electron chi connectivity index (χ1n) is 6.52. The summed E-state index contributed by atoms with van der Waals surface area (Å²) < 4.78 is 18.5. The van der Waals surface area contributed by atoms with Gasteiger partial charge in [-0.15, -0.1) is 0 Å². The molecule has 0 aromatic heterocycles. The van der Waals surface area contributed by atoms with Crippen molar-refractivity contribution in [1.82, 2.24) is 5.32 Å². The zero-order valence-corrected chi connectivity index (χ0v) is 12.8. The maximum atomic E-state index is 13.4. The lowest BCUT2D eigenvalue weighted by Gasteiger charge is -2.11. The molecular weight excluding hydrogens is 287 g/mol. The number of halogens is 1. The van der Waals surface area contributed by atoms with Crippen LogP contribution in [0.3, 0.4) is 0 Å². The maximum Gasteiger partial charge on any atom is 0.171 e. The summed E-state index contributed by atoms with van der Waals surface area (Å²) in [5.74, 6) is 0.563. The van der Waals surface area contributed by atoms with Crippen LogP contribution in [0.2, 0.25) is 0 Å². The summed E-state index contributed by atoms with van der Waals surface area (Å²) in [6, 6.07) is 12.6. The summed E-state index contributed by atoms with van der Waals surface area (Å²) in [6.07, 6.45) is 0. The Morgan fingerprint density at radius 3 is 2.52 bits per heavy atom. The number of anilines is 1. The normalized spacial score (nSPS) is 10.0. The van der Waals surface area contributed by atoms with Gasteiger partial charge in [0.15, 0.2) is 5.11 Å². The van der Waals surface area contributed by atoms with E-state index < -0.39 is 0 Å². The lowest BCUT2D eigenvalue weighted by atomic mass is 10.2. The van der Waals surface area contributed by atoms with Crippen molar-refractivity contribution in [1.29, 1.82) is 0 Å². The molecule has 2 rings (SSSR count). The topological polar surface area (TPSA) is 33.3 Å². The number of aryl methyl sites for hydroxylation is 1. The molecule has 0 atom stereocenters. The van der Waals surface area contributed by atoms with Crippen LogP contribution in [0.15, 0.2) is 42.5 Å². The van der Waals surface area contributed by atoms with Crippen LogP contribution in [0, 0.1) is 12.7 Å². The van der Waals surface area contributed by atoms with Gasteiger partial charge in [0.1, 0.15) is 11.6 Å². The minimum atomic E-state index is -0.252. The van der Waals surface area contributed by atoms with E-state index in [2.05, 4.69) is 10.6 Å². The zero-order valence-electron chi connectivity index (χ0n) is 11.9. The fourth-order valence-electron chi connectivity index (χ4n) is 1.77.